The summed E-state index contributed by atoms with van der Waals surface area (Å²) in [5.74, 6) is -1.84. The number of carbonyl (C=O) groups is 1. The molecule has 5 nitrogen and oxygen atoms in total. The molecule has 0 saturated carbocycles. The van der Waals surface area contributed by atoms with E-state index in [0.717, 1.165) is 19.3 Å². The Kier molecular flexibility index (Phi) is 24.0. The van der Waals surface area contributed by atoms with Crippen LogP contribution in [0.2, 0.25) is 0 Å². The molecule has 0 bridgehead atoms. The van der Waals surface area contributed by atoms with Crippen LogP contribution in [0.15, 0.2) is 0 Å². The Hall–Kier alpha value is 1.38. The van der Waals surface area contributed by atoms with Crippen molar-refractivity contribution in [1.82, 2.24) is 0 Å². The van der Waals surface area contributed by atoms with E-state index in [-0.39, 0.29) is 65.7 Å². The van der Waals surface area contributed by atoms with Gasteiger partial charge in [-0.3, -0.25) is 9.35 Å². The molecule has 0 aromatic carbocycles. The second-order valence-corrected chi connectivity index (χ2v) is 6.58. The van der Waals surface area contributed by atoms with Crippen LogP contribution >= 0.6 is 0 Å². The molecule has 0 atom stereocenters. The predicted octanol–water partition coefficient (Wildman–Crippen LogP) is 2.04. The van der Waals surface area contributed by atoms with Crippen molar-refractivity contribution in [1.29, 1.82) is 0 Å². The molecular formula is C14H30Na2O5S. The standard InChI is InChI=1S/C14H28O5S.2Na.2H/c1-2-3-4-5-6-7-8-9-10-11-12-19-14(15)13-20(16,17)18;;;;/h2-13H2,1H3,(H,16,17,18);;;;. The molecule has 0 aliphatic rings. The van der Waals surface area contributed by atoms with Crippen molar-refractivity contribution < 1.29 is 22.5 Å². The van der Waals surface area contributed by atoms with Crippen molar-refractivity contribution in [2.24, 2.45) is 0 Å². The molecule has 0 unspecified atom stereocenters. The first kappa shape index (κ1) is 28.2. The van der Waals surface area contributed by atoms with Crippen molar-refractivity contribution in [2.45, 2.75) is 71.1 Å². The molecule has 22 heavy (non-hydrogen) atoms. The summed E-state index contributed by atoms with van der Waals surface area (Å²) in [7, 11) is -4.26. The molecule has 0 fully saturated rings. The Morgan fingerprint density at radius 1 is 0.864 bits per heavy atom. The van der Waals surface area contributed by atoms with Gasteiger partial charge in [-0.05, 0) is 6.42 Å². The Balaban J connectivity index is -0.00000180. The molecule has 0 rings (SSSR count). The molecule has 8 heteroatoms. The van der Waals surface area contributed by atoms with Crippen LogP contribution in [0.25, 0.3) is 0 Å². The van der Waals surface area contributed by atoms with Gasteiger partial charge in [0, 0.05) is 0 Å². The van der Waals surface area contributed by atoms with E-state index in [1.807, 2.05) is 0 Å². The van der Waals surface area contributed by atoms with Crippen molar-refractivity contribution in [2.75, 3.05) is 12.4 Å². The van der Waals surface area contributed by atoms with Gasteiger partial charge in [0.15, 0.2) is 5.75 Å². The monoisotopic (exact) mass is 356 g/mol. The summed E-state index contributed by atoms with van der Waals surface area (Å²) >= 11 is 0. The van der Waals surface area contributed by atoms with E-state index in [0.29, 0.717) is 0 Å². The Labute approximate surface area is 179 Å². The van der Waals surface area contributed by atoms with E-state index in [9.17, 15) is 13.2 Å². The molecule has 0 spiro atoms. The first-order valence-corrected chi connectivity index (χ1v) is 9.17. The Morgan fingerprint density at radius 2 is 1.27 bits per heavy atom. The average molecular weight is 356 g/mol. The summed E-state index contributed by atoms with van der Waals surface area (Å²) in [4.78, 5) is 11.0. The number of ether oxygens (including phenoxy) is 1. The summed E-state index contributed by atoms with van der Waals surface area (Å²) < 4.78 is 33.9. The second-order valence-electron chi connectivity index (χ2n) is 5.13. The number of esters is 1. The van der Waals surface area contributed by atoms with E-state index in [1.165, 1.54) is 44.9 Å². The minimum absolute atomic E-state index is 0. The van der Waals surface area contributed by atoms with Crippen LogP contribution in [0, 0.1) is 0 Å². The van der Waals surface area contributed by atoms with E-state index in [4.69, 9.17) is 9.29 Å². The van der Waals surface area contributed by atoms with Gasteiger partial charge in [-0.15, -0.1) is 0 Å². The average Bonchev–Trinajstić information content (AvgIpc) is 2.34. The number of unbranched alkanes of at least 4 members (excludes halogenated alkanes) is 9. The van der Waals surface area contributed by atoms with Crippen LogP contribution in [0.5, 0.6) is 0 Å². The zero-order valence-corrected chi connectivity index (χ0v) is 13.3. The molecule has 124 valence electrons. The van der Waals surface area contributed by atoms with Gasteiger partial charge in [-0.1, -0.05) is 64.7 Å². The summed E-state index contributed by atoms with van der Waals surface area (Å²) in [6.45, 7) is 2.44. The third kappa shape index (κ3) is 23.6. The fourth-order valence-electron chi connectivity index (χ4n) is 1.97. The number of hydrogen-bond acceptors (Lipinski definition) is 4. The fourth-order valence-corrected chi connectivity index (χ4v) is 2.35. The van der Waals surface area contributed by atoms with Crippen LogP contribution < -0.4 is 0 Å². The zero-order valence-electron chi connectivity index (χ0n) is 12.5. The number of carbonyl (C=O) groups excluding carboxylic acids is 1. The van der Waals surface area contributed by atoms with Gasteiger partial charge >= 0.3 is 65.1 Å². The van der Waals surface area contributed by atoms with Crippen molar-refractivity contribution in [3.63, 3.8) is 0 Å². The van der Waals surface area contributed by atoms with E-state index in [1.54, 1.807) is 0 Å². The SMILES string of the molecule is CCCCCCCCCCCCOC(=O)CS(=O)(=O)O.[NaH].[NaH]. The predicted molar refractivity (Wildman–Crippen MR) is 93.5 cm³/mol. The first-order chi connectivity index (χ1) is 9.45. The topological polar surface area (TPSA) is 80.7 Å². The van der Waals surface area contributed by atoms with Gasteiger partial charge in [0.2, 0.25) is 0 Å². The van der Waals surface area contributed by atoms with Gasteiger partial charge in [0.1, 0.15) is 0 Å². The molecule has 1 N–H and O–H groups in total. The molecule has 0 radical (unpaired) electrons. The van der Waals surface area contributed by atoms with Crippen LogP contribution in [-0.4, -0.2) is 90.4 Å². The van der Waals surface area contributed by atoms with E-state index < -0.39 is 21.8 Å². The molecule has 0 aromatic heterocycles. The third-order valence-corrected chi connectivity index (χ3v) is 3.66. The Bertz CT molecular complexity index is 347. The molecule has 0 aromatic rings. The quantitative estimate of drug-likeness (QED) is 0.236. The van der Waals surface area contributed by atoms with Crippen molar-refractivity contribution in [3.05, 3.63) is 0 Å². The molecule has 0 amide bonds. The second kappa shape index (κ2) is 18.7. The molecular weight excluding hydrogens is 326 g/mol. The van der Waals surface area contributed by atoms with Gasteiger partial charge in [-0.2, -0.15) is 8.42 Å². The van der Waals surface area contributed by atoms with Crippen LogP contribution in [-0.2, 0) is 19.6 Å². The summed E-state index contributed by atoms with van der Waals surface area (Å²) in [6.07, 6.45) is 11.8. The minimum atomic E-state index is -4.26. The van der Waals surface area contributed by atoms with Gasteiger partial charge in [-0.25, -0.2) is 0 Å². The first-order valence-electron chi connectivity index (χ1n) is 7.56. The van der Waals surface area contributed by atoms with Gasteiger partial charge < -0.3 is 4.74 Å². The Morgan fingerprint density at radius 3 is 1.68 bits per heavy atom. The van der Waals surface area contributed by atoms with Crippen molar-refractivity contribution >= 4 is 75.2 Å². The van der Waals surface area contributed by atoms with Gasteiger partial charge in [0.05, 0.1) is 6.61 Å². The van der Waals surface area contributed by atoms with Gasteiger partial charge in [0.25, 0.3) is 10.1 Å². The molecule has 0 aliphatic carbocycles. The normalized spacial score (nSPS) is 10.5. The molecule has 0 saturated heterocycles. The number of hydrogen-bond donors (Lipinski definition) is 1. The summed E-state index contributed by atoms with van der Waals surface area (Å²) in [5, 5.41) is 0. The molecule has 0 aliphatic heterocycles. The van der Waals surface area contributed by atoms with E-state index in [2.05, 4.69) is 6.92 Å². The summed E-state index contributed by atoms with van der Waals surface area (Å²) in [5.41, 5.74) is 0. The van der Waals surface area contributed by atoms with Crippen LogP contribution in [0.4, 0.5) is 0 Å². The van der Waals surface area contributed by atoms with Crippen LogP contribution in [0.1, 0.15) is 71.1 Å². The number of rotatable bonds is 13. The van der Waals surface area contributed by atoms with Crippen LogP contribution in [0.3, 0.4) is 0 Å². The maximum absolute atomic E-state index is 11.0. The van der Waals surface area contributed by atoms with E-state index >= 15 is 0 Å². The maximum atomic E-state index is 11.0. The van der Waals surface area contributed by atoms with Crippen molar-refractivity contribution in [3.8, 4) is 0 Å². The third-order valence-electron chi connectivity index (χ3n) is 3.06. The fraction of sp³-hybridized carbons (Fsp3) is 0.929. The zero-order chi connectivity index (χ0) is 15.3. The molecule has 0 heterocycles. The summed E-state index contributed by atoms with van der Waals surface area (Å²) in [6, 6.07) is 0.